The molecule has 0 spiro atoms. The summed E-state index contributed by atoms with van der Waals surface area (Å²) < 4.78 is 28.7. The quantitative estimate of drug-likeness (QED) is 0.809. The number of nitrogens with zero attached hydrogens (tertiary/aromatic N) is 4. The highest BCUT2D eigenvalue weighted by molar-refractivity contribution is 5.95. The average Bonchev–Trinajstić information content (AvgIpc) is 3.14. The van der Waals surface area contributed by atoms with Crippen LogP contribution in [0, 0.1) is 11.6 Å². The van der Waals surface area contributed by atoms with Crippen LogP contribution in [0.3, 0.4) is 0 Å². The molecule has 0 unspecified atom stereocenters. The number of aryl methyl sites for hydroxylation is 1. The number of halogens is 2. The van der Waals surface area contributed by atoms with Crippen molar-refractivity contribution in [2.24, 2.45) is 0 Å². The number of benzene rings is 1. The normalized spacial score (nSPS) is 16.8. The summed E-state index contributed by atoms with van der Waals surface area (Å²) in [5, 5.41) is 4.32. The highest BCUT2D eigenvalue weighted by Gasteiger charge is 2.28. The molecule has 1 aromatic heterocycles. The zero-order valence-corrected chi connectivity index (χ0v) is 15.5. The Morgan fingerprint density at radius 2 is 1.75 bits per heavy atom. The summed E-state index contributed by atoms with van der Waals surface area (Å²) in [5.74, 6) is -1.64. The minimum absolute atomic E-state index is 0.0418. The molecule has 0 N–H and O–H groups in total. The van der Waals surface area contributed by atoms with Crippen molar-refractivity contribution in [3.63, 3.8) is 0 Å². The van der Waals surface area contributed by atoms with Gasteiger partial charge in [0, 0.05) is 38.8 Å². The van der Waals surface area contributed by atoms with Crippen LogP contribution in [-0.4, -0.2) is 57.6 Å². The van der Waals surface area contributed by atoms with E-state index in [1.165, 1.54) is 6.07 Å². The standard InChI is InChI=1S/C20H22F2N4O2/c21-15-5-4-14(17(22)12-15)11-19(27)24-7-9-25(10-8-24)20(28)16-13-23-26-6-2-1-3-18(16)26/h4-5,12-13H,1-3,6-11H2. The van der Waals surface area contributed by atoms with Gasteiger partial charge in [-0.15, -0.1) is 0 Å². The van der Waals surface area contributed by atoms with Crippen molar-refractivity contribution in [1.29, 1.82) is 0 Å². The van der Waals surface area contributed by atoms with E-state index in [0.717, 1.165) is 43.6 Å². The Morgan fingerprint density at radius 1 is 1.00 bits per heavy atom. The Balaban J connectivity index is 1.36. The molecule has 0 aliphatic carbocycles. The van der Waals surface area contributed by atoms with Gasteiger partial charge in [0.05, 0.1) is 23.9 Å². The van der Waals surface area contributed by atoms with Gasteiger partial charge in [0.15, 0.2) is 0 Å². The lowest BCUT2D eigenvalue weighted by Gasteiger charge is -2.35. The number of hydrogen-bond acceptors (Lipinski definition) is 3. The molecule has 2 amide bonds. The molecule has 1 saturated heterocycles. The number of piperazine rings is 1. The van der Waals surface area contributed by atoms with E-state index in [1.807, 2.05) is 4.68 Å². The van der Waals surface area contributed by atoms with Crippen molar-refractivity contribution < 1.29 is 18.4 Å². The van der Waals surface area contributed by atoms with Crippen molar-refractivity contribution in [2.45, 2.75) is 32.2 Å². The van der Waals surface area contributed by atoms with Crippen LogP contribution in [-0.2, 0) is 24.2 Å². The zero-order valence-electron chi connectivity index (χ0n) is 15.5. The minimum Gasteiger partial charge on any atom is -0.339 e. The Kier molecular flexibility index (Phi) is 5.11. The van der Waals surface area contributed by atoms with E-state index in [-0.39, 0.29) is 23.8 Å². The fraction of sp³-hybridized carbons (Fsp3) is 0.450. The van der Waals surface area contributed by atoms with Gasteiger partial charge in [-0.25, -0.2) is 8.78 Å². The van der Waals surface area contributed by atoms with E-state index in [1.54, 1.807) is 16.0 Å². The third-order valence-electron chi connectivity index (χ3n) is 5.49. The predicted molar refractivity (Wildman–Crippen MR) is 97.7 cm³/mol. The first-order chi connectivity index (χ1) is 13.5. The van der Waals surface area contributed by atoms with Gasteiger partial charge in [-0.2, -0.15) is 5.10 Å². The second-order valence-electron chi connectivity index (χ2n) is 7.27. The lowest BCUT2D eigenvalue weighted by atomic mass is 10.1. The van der Waals surface area contributed by atoms with Crippen LogP contribution in [0.1, 0.15) is 34.5 Å². The van der Waals surface area contributed by atoms with E-state index in [4.69, 9.17) is 0 Å². The first-order valence-electron chi connectivity index (χ1n) is 9.58. The van der Waals surface area contributed by atoms with Gasteiger partial charge in [0.1, 0.15) is 11.6 Å². The van der Waals surface area contributed by atoms with Crippen LogP contribution in [0.15, 0.2) is 24.4 Å². The molecule has 148 valence electrons. The van der Waals surface area contributed by atoms with E-state index in [2.05, 4.69) is 5.10 Å². The molecule has 1 fully saturated rings. The fourth-order valence-corrected chi connectivity index (χ4v) is 3.87. The Morgan fingerprint density at radius 3 is 2.50 bits per heavy atom. The molecule has 2 aliphatic heterocycles. The molecule has 3 heterocycles. The Labute approximate surface area is 161 Å². The lowest BCUT2D eigenvalue weighted by molar-refractivity contribution is -0.132. The fourth-order valence-electron chi connectivity index (χ4n) is 3.87. The third kappa shape index (κ3) is 3.63. The van der Waals surface area contributed by atoms with Gasteiger partial charge in [0.2, 0.25) is 5.91 Å². The topological polar surface area (TPSA) is 58.4 Å². The highest BCUT2D eigenvalue weighted by atomic mass is 19.1. The summed E-state index contributed by atoms with van der Waals surface area (Å²) in [6.45, 7) is 2.51. The second kappa shape index (κ2) is 7.69. The Hall–Kier alpha value is -2.77. The van der Waals surface area contributed by atoms with Crippen LogP contribution in [0.5, 0.6) is 0 Å². The monoisotopic (exact) mass is 388 g/mol. The van der Waals surface area contributed by atoms with Gasteiger partial charge in [-0.3, -0.25) is 14.3 Å². The van der Waals surface area contributed by atoms with E-state index in [9.17, 15) is 18.4 Å². The van der Waals surface area contributed by atoms with Crippen molar-refractivity contribution in [3.8, 4) is 0 Å². The van der Waals surface area contributed by atoms with E-state index >= 15 is 0 Å². The molecule has 2 aromatic rings. The number of amides is 2. The average molecular weight is 388 g/mol. The molecule has 2 aliphatic rings. The highest BCUT2D eigenvalue weighted by Crippen LogP contribution is 2.20. The molecule has 1 aromatic carbocycles. The SMILES string of the molecule is O=C(Cc1ccc(F)cc1F)N1CCN(C(=O)c2cnn3c2CCCC3)CC1. The smallest absolute Gasteiger partial charge is 0.257 e. The largest absolute Gasteiger partial charge is 0.339 e. The molecule has 0 radical (unpaired) electrons. The summed E-state index contributed by atoms with van der Waals surface area (Å²) in [7, 11) is 0. The number of hydrogen-bond donors (Lipinski definition) is 0. The molecule has 0 atom stereocenters. The molecular formula is C20H22F2N4O2. The van der Waals surface area contributed by atoms with Crippen molar-refractivity contribution >= 4 is 11.8 Å². The zero-order chi connectivity index (χ0) is 19.7. The van der Waals surface area contributed by atoms with Crippen LogP contribution < -0.4 is 0 Å². The minimum atomic E-state index is -0.715. The van der Waals surface area contributed by atoms with Crippen molar-refractivity contribution in [2.75, 3.05) is 26.2 Å². The van der Waals surface area contributed by atoms with Gasteiger partial charge in [-0.05, 0) is 30.9 Å². The predicted octanol–water partition coefficient (Wildman–Crippen LogP) is 2.02. The summed E-state index contributed by atoms with van der Waals surface area (Å²) in [6.07, 6.45) is 4.55. The maximum atomic E-state index is 13.8. The maximum Gasteiger partial charge on any atom is 0.257 e. The second-order valence-corrected chi connectivity index (χ2v) is 7.27. The molecule has 0 bridgehead atoms. The molecule has 8 heteroatoms. The summed E-state index contributed by atoms with van der Waals surface area (Å²) >= 11 is 0. The van der Waals surface area contributed by atoms with Crippen molar-refractivity contribution in [3.05, 3.63) is 52.9 Å². The van der Waals surface area contributed by atoms with Gasteiger partial charge in [-0.1, -0.05) is 6.07 Å². The molecular weight excluding hydrogens is 366 g/mol. The van der Waals surface area contributed by atoms with Gasteiger partial charge in [0.25, 0.3) is 5.91 Å². The number of fused-ring (bicyclic) bond motifs is 1. The van der Waals surface area contributed by atoms with Crippen molar-refractivity contribution in [1.82, 2.24) is 19.6 Å². The van der Waals surface area contributed by atoms with Crippen LogP contribution >= 0.6 is 0 Å². The number of carbonyl (C=O) groups excluding carboxylic acids is 2. The summed E-state index contributed by atoms with van der Waals surface area (Å²) in [5.41, 5.74) is 1.84. The number of rotatable bonds is 3. The summed E-state index contributed by atoms with van der Waals surface area (Å²) in [4.78, 5) is 28.7. The molecule has 4 rings (SSSR count). The Bertz CT molecular complexity index is 904. The van der Waals surface area contributed by atoms with Crippen LogP contribution in [0.4, 0.5) is 8.78 Å². The van der Waals surface area contributed by atoms with Gasteiger partial charge < -0.3 is 9.80 Å². The van der Waals surface area contributed by atoms with E-state index < -0.39 is 11.6 Å². The number of carbonyl (C=O) groups is 2. The summed E-state index contributed by atoms with van der Waals surface area (Å²) in [6, 6.07) is 3.23. The van der Waals surface area contributed by atoms with Crippen LogP contribution in [0.25, 0.3) is 0 Å². The first-order valence-corrected chi connectivity index (χ1v) is 9.58. The van der Waals surface area contributed by atoms with Crippen LogP contribution in [0.2, 0.25) is 0 Å². The maximum absolute atomic E-state index is 13.8. The number of aromatic nitrogens is 2. The third-order valence-corrected chi connectivity index (χ3v) is 5.49. The molecule has 6 nitrogen and oxygen atoms in total. The molecule has 0 saturated carbocycles. The molecule has 28 heavy (non-hydrogen) atoms. The van der Waals surface area contributed by atoms with Gasteiger partial charge >= 0.3 is 0 Å². The first kappa shape index (κ1) is 18.6. The van der Waals surface area contributed by atoms with E-state index in [0.29, 0.717) is 31.7 Å². The lowest BCUT2D eigenvalue weighted by Crippen LogP contribution is -2.51.